The normalized spacial score (nSPS) is 10.5. The fourth-order valence-electron chi connectivity index (χ4n) is 2.20. The molecule has 0 aliphatic carbocycles. The fourth-order valence-corrected chi connectivity index (χ4v) is 2.31. The number of aryl methyl sites for hydroxylation is 1. The Morgan fingerprint density at radius 2 is 1.91 bits per heavy atom. The molecule has 0 aliphatic heterocycles. The lowest BCUT2D eigenvalue weighted by atomic mass is 10.2. The molecule has 0 aromatic carbocycles. The van der Waals surface area contributed by atoms with Gasteiger partial charge in [0.15, 0.2) is 0 Å². The first kappa shape index (κ1) is 16.5. The predicted molar refractivity (Wildman–Crippen MR) is 92.1 cm³/mol. The molecular formula is C16H22ClN5. The second-order valence-electron chi connectivity index (χ2n) is 4.95. The van der Waals surface area contributed by atoms with Crippen LogP contribution < -0.4 is 10.2 Å². The SMILES string of the molecule is CCCc1cc(N(CC)CC)nc(Nc2ccc(Cl)cn2)n1. The lowest BCUT2D eigenvalue weighted by Gasteiger charge is -2.21. The Morgan fingerprint density at radius 3 is 2.50 bits per heavy atom. The van der Waals surface area contributed by atoms with E-state index in [1.165, 1.54) is 0 Å². The van der Waals surface area contributed by atoms with Crippen molar-refractivity contribution >= 4 is 29.2 Å². The molecule has 1 N–H and O–H groups in total. The van der Waals surface area contributed by atoms with E-state index in [1.807, 2.05) is 6.07 Å². The number of rotatable bonds is 7. The van der Waals surface area contributed by atoms with Crippen LogP contribution in [0.2, 0.25) is 5.02 Å². The minimum Gasteiger partial charge on any atom is -0.357 e. The van der Waals surface area contributed by atoms with Crippen LogP contribution in [0.1, 0.15) is 32.9 Å². The van der Waals surface area contributed by atoms with Gasteiger partial charge in [-0.1, -0.05) is 24.9 Å². The summed E-state index contributed by atoms with van der Waals surface area (Å²) >= 11 is 5.86. The van der Waals surface area contributed by atoms with Crippen molar-refractivity contribution in [3.63, 3.8) is 0 Å². The first-order valence-electron chi connectivity index (χ1n) is 7.67. The molecular weight excluding hydrogens is 298 g/mol. The molecule has 2 aromatic heterocycles. The second-order valence-corrected chi connectivity index (χ2v) is 5.39. The van der Waals surface area contributed by atoms with E-state index >= 15 is 0 Å². The number of pyridine rings is 1. The topological polar surface area (TPSA) is 53.9 Å². The molecule has 0 atom stereocenters. The van der Waals surface area contributed by atoms with Crippen LogP contribution in [0.25, 0.3) is 0 Å². The number of aromatic nitrogens is 3. The van der Waals surface area contributed by atoms with Gasteiger partial charge in [0, 0.05) is 31.0 Å². The Bertz CT molecular complexity index is 596. The van der Waals surface area contributed by atoms with Gasteiger partial charge in [0.05, 0.1) is 5.02 Å². The van der Waals surface area contributed by atoms with E-state index in [-0.39, 0.29) is 0 Å². The van der Waals surface area contributed by atoms with Crippen molar-refractivity contribution in [1.29, 1.82) is 0 Å². The molecule has 2 rings (SSSR count). The van der Waals surface area contributed by atoms with E-state index in [0.29, 0.717) is 16.8 Å². The molecule has 0 aliphatic rings. The zero-order valence-electron chi connectivity index (χ0n) is 13.3. The van der Waals surface area contributed by atoms with Crippen molar-refractivity contribution in [2.24, 2.45) is 0 Å². The zero-order valence-corrected chi connectivity index (χ0v) is 14.1. The first-order chi connectivity index (χ1) is 10.7. The molecule has 0 unspecified atom stereocenters. The lowest BCUT2D eigenvalue weighted by molar-refractivity contribution is 0.824. The number of nitrogens with one attached hydrogen (secondary N) is 1. The van der Waals surface area contributed by atoms with Crippen molar-refractivity contribution in [3.8, 4) is 0 Å². The molecule has 5 nitrogen and oxygen atoms in total. The molecule has 0 bridgehead atoms. The molecule has 0 saturated heterocycles. The molecule has 0 spiro atoms. The highest BCUT2D eigenvalue weighted by molar-refractivity contribution is 6.30. The van der Waals surface area contributed by atoms with Crippen LogP contribution in [0.15, 0.2) is 24.4 Å². The zero-order chi connectivity index (χ0) is 15.9. The van der Waals surface area contributed by atoms with Gasteiger partial charge in [-0.2, -0.15) is 4.98 Å². The summed E-state index contributed by atoms with van der Waals surface area (Å²) in [6.07, 6.45) is 3.58. The highest BCUT2D eigenvalue weighted by Gasteiger charge is 2.09. The summed E-state index contributed by atoms with van der Waals surface area (Å²) in [5.74, 6) is 2.20. The molecule has 0 saturated carbocycles. The highest BCUT2D eigenvalue weighted by Crippen LogP contribution is 2.19. The van der Waals surface area contributed by atoms with Gasteiger partial charge in [0.25, 0.3) is 0 Å². The highest BCUT2D eigenvalue weighted by atomic mass is 35.5. The minimum absolute atomic E-state index is 0.572. The number of halogens is 1. The van der Waals surface area contributed by atoms with Crippen molar-refractivity contribution in [2.75, 3.05) is 23.3 Å². The average Bonchev–Trinajstić information content (AvgIpc) is 2.51. The Labute approximate surface area is 136 Å². The van der Waals surface area contributed by atoms with Gasteiger partial charge in [-0.05, 0) is 32.4 Å². The van der Waals surface area contributed by atoms with Crippen LogP contribution in [0.5, 0.6) is 0 Å². The van der Waals surface area contributed by atoms with Gasteiger partial charge >= 0.3 is 0 Å². The van der Waals surface area contributed by atoms with Crippen molar-refractivity contribution in [3.05, 3.63) is 35.1 Å². The fraction of sp³-hybridized carbons (Fsp3) is 0.438. The van der Waals surface area contributed by atoms with Crippen molar-refractivity contribution in [1.82, 2.24) is 15.0 Å². The Hall–Kier alpha value is -1.88. The molecule has 22 heavy (non-hydrogen) atoms. The monoisotopic (exact) mass is 319 g/mol. The van der Waals surface area contributed by atoms with Crippen molar-refractivity contribution in [2.45, 2.75) is 33.6 Å². The summed E-state index contributed by atoms with van der Waals surface area (Å²) in [6.45, 7) is 8.22. The van der Waals surface area contributed by atoms with Crippen LogP contribution in [0, 0.1) is 0 Å². The van der Waals surface area contributed by atoms with Gasteiger partial charge in [0.1, 0.15) is 11.6 Å². The first-order valence-corrected chi connectivity index (χ1v) is 8.05. The summed E-state index contributed by atoms with van der Waals surface area (Å²) in [7, 11) is 0. The molecule has 2 aromatic rings. The third-order valence-corrected chi connectivity index (χ3v) is 3.55. The summed E-state index contributed by atoms with van der Waals surface area (Å²) in [6, 6.07) is 5.67. The van der Waals surface area contributed by atoms with Gasteiger partial charge in [0.2, 0.25) is 5.95 Å². The van der Waals surface area contributed by atoms with Crippen molar-refractivity contribution < 1.29 is 0 Å². The molecule has 0 fully saturated rings. The van der Waals surface area contributed by atoms with Crippen LogP contribution in [-0.2, 0) is 6.42 Å². The number of nitrogens with zero attached hydrogens (tertiary/aromatic N) is 4. The van der Waals surface area contributed by atoms with E-state index in [4.69, 9.17) is 11.6 Å². The third-order valence-electron chi connectivity index (χ3n) is 3.33. The number of hydrogen-bond acceptors (Lipinski definition) is 5. The van der Waals surface area contributed by atoms with Gasteiger partial charge in [-0.15, -0.1) is 0 Å². The Morgan fingerprint density at radius 1 is 1.14 bits per heavy atom. The van der Waals surface area contributed by atoms with Gasteiger partial charge in [-0.25, -0.2) is 9.97 Å². The summed E-state index contributed by atoms with van der Waals surface area (Å²) in [5.41, 5.74) is 1.04. The van der Waals surface area contributed by atoms with Crippen LogP contribution in [0.4, 0.5) is 17.6 Å². The summed E-state index contributed by atoms with van der Waals surface area (Å²) in [5, 5.41) is 3.76. The van der Waals surface area contributed by atoms with Gasteiger partial charge in [-0.3, -0.25) is 0 Å². The molecule has 0 amide bonds. The van der Waals surface area contributed by atoms with Crippen LogP contribution >= 0.6 is 11.6 Å². The minimum atomic E-state index is 0.572. The predicted octanol–water partition coefficient (Wildman–Crippen LogP) is 4.07. The van der Waals surface area contributed by atoms with Crippen LogP contribution in [0.3, 0.4) is 0 Å². The summed E-state index contributed by atoms with van der Waals surface area (Å²) in [4.78, 5) is 15.6. The quantitative estimate of drug-likeness (QED) is 0.833. The Balaban J connectivity index is 2.30. The maximum Gasteiger partial charge on any atom is 0.230 e. The summed E-state index contributed by atoms with van der Waals surface area (Å²) < 4.78 is 0. The van der Waals surface area contributed by atoms with E-state index in [1.54, 1.807) is 12.3 Å². The Kier molecular flexibility index (Phi) is 5.95. The third kappa shape index (κ3) is 4.31. The molecule has 118 valence electrons. The average molecular weight is 320 g/mol. The van der Waals surface area contributed by atoms with E-state index < -0.39 is 0 Å². The number of anilines is 3. The number of hydrogen-bond donors (Lipinski definition) is 1. The lowest BCUT2D eigenvalue weighted by Crippen LogP contribution is -2.23. The molecule has 6 heteroatoms. The molecule has 0 radical (unpaired) electrons. The molecule has 2 heterocycles. The maximum absolute atomic E-state index is 5.86. The van der Waals surface area contributed by atoms with Gasteiger partial charge < -0.3 is 10.2 Å². The second kappa shape index (κ2) is 7.94. The van der Waals surface area contributed by atoms with E-state index in [9.17, 15) is 0 Å². The van der Waals surface area contributed by atoms with E-state index in [0.717, 1.165) is 37.4 Å². The van der Waals surface area contributed by atoms with E-state index in [2.05, 4.69) is 52.0 Å². The maximum atomic E-state index is 5.86. The standard InChI is InChI=1S/C16H22ClN5/c1-4-7-13-10-15(22(5-2)6-3)21-16(19-13)20-14-9-8-12(17)11-18-14/h8-11H,4-7H2,1-3H3,(H,18,19,20,21). The smallest absolute Gasteiger partial charge is 0.230 e. The van der Waals surface area contributed by atoms with Crippen LogP contribution in [-0.4, -0.2) is 28.0 Å². The largest absolute Gasteiger partial charge is 0.357 e.